The van der Waals surface area contributed by atoms with Crippen LogP contribution in [0.25, 0.3) is 5.82 Å². The Labute approximate surface area is 87.0 Å². The molecule has 76 valence electrons. The van der Waals surface area contributed by atoms with Gasteiger partial charge in [0.1, 0.15) is 11.6 Å². The first-order valence-corrected chi connectivity index (χ1v) is 4.97. The molecule has 0 radical (unpaired) electrons. The summed E-state index contributed by atoms with van der Waals surface area (Å²) in [5, 5.41) is 4.12. The molecule has 0 saturated heterocycles. The lowest BCUT2D eigenvalue weighted by atomic mass is 10.4. The molecule has 0 bridgehead atoms. The van der Waals surface area contributed by atoms with Crippen LogP contribution in [0.2, 0.25) is 0 Å². The van der Waals surface area contributed by atoms with Gasteiger partial charge in [-0.15, -0.1) is 0 Å². The van der Waals surface area contributed by atoms with Gasteiger partial charge in [0.25, 0.3) is 0 Å². The van der Waals surface area contributed by atoms with Crippen LogP contribution in [-0.2, 0) is 0 Å². The summed E-state index contributed by atoms with van der Waals surface area (Å²) in [6.45, 7) is 0. The topological polar surface area (TPSA) is 69.6 Å². The predicted octanol–water partition coefficient (Wildman–Crippen LogP) is 1.12. The van der Waals surface area contributed by atoms with Crippen LogP contribution < -0.4 is 5.73 Å². The minimum Gasteiger partial charge on any atom is -0.384 e. The van der Waals surface area contributed by atoms with Gasteiger partial charge in [0.15, 0.2) is 5.82 Å². The molecule has 0 unspecified atom stereocenters. The van der Waals surface area contributed by atoms with Crippen molar-refractivity contribution in [2.24, 2.45) is 0 Å². The van der Waals surface area contributed by atoms with Gasteiger partial charge in [0, 0.05) is 24.4 Å². The Balaban J connectivity index is 2.07. The highest BCUT2D eigenvalue weighted by Crippen LogP contribution is 2.38. The van der Waals surface area contributed by atoms with Gasteiger partial charge in [-0.2, -0.15) is 5.10 Å². The van der Waals surface area contributed by atoms with Crippen LogP contribution in [0.3, 0.4) is 0 Å². The molecule has 0 aliphatic heterocycles. The van der Waals surface area contributed by atoms with Crippen molar-refractivity contribution in [3.63, 3.8) is 0 Å². The van der Waals surface area contributed by atoms with Crippen molar-refractivity contribution in [3.05, 3.63) is 30.4 Å². The third-order valence-electron chi connectivity index (χ3n) is 2.43. The van der Waals surface area contributed by atoms with Crippen molar-refractivity contribution < 1.29 is 0 Å². The van der Waals surface area contributed by atoms with E-state index < -0.39 is 0 Å². The van der Waals surface area contributed by atoms with Crippen LogP contribution in [0.1, 0.15) is 24.6 Å². The van der Waals surface area contributed by atoms with Crippen LogP contribution in [0, 0.1) is 0 Å². The number of hydrogen-bond donors (Lipinski definition) is 1. The molecule has 0 aromatic carbocycles. The molecule has 5 nitrogen and oxygen atoms in total. The average molecular weight is 201 g/mol. The zero-order chi connectivity index (χ0) is 10.3. The van der Waals surface area contributed by atoms with Crippen LogP contribution >= 0.6 is 0 Å². The monoisotopic (exact) mass is 201 g/mol. The number of rotatable bonds is 2. The van der Waals surface area contributed by atoms with Crippen molar-refractivity contribution in [3.8, 4) is 5.82 Å². The molecule has 1 saturated carbocycles. The van der Waals surface area contributed by atoms with Crippen molar-refractivity contribution in [2.45, 2.75) is 18.8 Å². The third-order valence-corrected chi connectivity index (χ3v) is 2.43. The summed E-state index contributed by atoms with van der Waals surface area (Å²) < 4.78 is 1.70. The van der Waals surface area contributed by atoms with Crippen LogP contribution in [0.4, 0.5) is 5.82 Å². The molecule has 1 fully saturated rings. The molecular formula is C10H11N5. The van der Waals surface area contributed by atoms with E-state index >= 15 is 0 Å². The molecule has 5 heteroatoms. The van der Waals surface area contributed by atoms with Crippen LogP contribution in [0.5, 0.6) is 0 Å². The summed E-state index contributed by atoms with van der Waals surface area (Å²) in [5.41, 5.74) is 5.74. The highest BCUT2D eigenvalue weighted by atomic mass is 15.3. The second-order valence-corrected chi connectivity index (χ2v) is 3.73. The van der Waals surface area contributed by atoms with E-state index in [1.165, 1.54) is 12.8 Å². The van der Waals surface area contributed by atoms with Gasteiger partial charge in [-0.3, -0.25) is 0 Å². The number of nitrogen functional groups attached to an aromatic ring is 1. The third kappa shape index (κ3) is 1.56. The summed E-state index contributed by atoms with van der Waals surface area (Å²) in [5.74, 6) is 2.61. The summed E-state index contributed by atoms with van der Waals surface area (Å²) in [6, 6.07) is 3.59. The van der Waals surface area contributed by atoms with E-state index in [9.17, 15) is 0 Å². The van der Waals surface area contributed by atoms with Gasteiger partial charge >= 0.3 is 0 Å². The maximum Gasteiger partial charge on any atom is 0.159 e. The SMILES string of the molecule is Nc1cc(-n2cccn2)nc(C2CC2)n1. The highest BCUT2D eigenvalue weighted by Gasteiger charge is 2.27. The fourth-order valence-corrected chi connectivity index (χ4v) is 1.52. The van der Waals surface area contributed by atoms with Crippen LogP contribution in [-0.4, -0.2) is 19.7 Å². The first-order chi connectivity index (χ1) is 7.33. The molecule has 3 rings (SSSR count). The summed E-state index contributed by atoms with van der Waals surface area (Å²) >= 11 is 0. The molecule has 15 heavy (non-hydrogen) atoms. The van der Waals surface area contributed by atoms with E-state index in [2.05, 4.69) is 15.1 Å². The van der Waals surface area contributed by atoms with E-state index in [4.69, 9.17) is 5.73 Å². The Morgan fingerprint density at radius 3 is 2.87 bits per heavy atom. The van der Waals surface area contributed by atoms with Crippen molar-refractivity contribution in [2.75, 3.05) is 5.73 Å². The number of anilines is 1. The normalized spacial score (nSPS) is 15.5. The minimum absolute atomic E-state index is 0.503. The molecule has 0 amide bonds. The maximum atomic E-state index is 5.74. The first-order valence-electron chi connectivity index (χ1n) is 4.97. The van der Waals surface area contributed by atoms with Gasteiger partial charge in [-0.1, -0.05) is 0 Å². The van der Waals surface area contributed by atoms with E-state index in [1.54, 1.807) is 16.9 Å². The molecule has 1 aliphatic carbocycles. The van der Waals surface area contributed by atoms with Crippen molar-refractivity contribution in [1.29, 1.82) is 0 Å². The lowest BCUT2D eigenvalue weighted by Gasteiger charge is -2.04. The molecule has 2 N–H and O–H groups in total. The Kier molecular flexibility index (Phi) is 1.71. The zero-order valence-corrected chi connectivity index (χ0v) is 8.17. The second-order valence-electron chi connectivity index (χ2n) is 3.73. The van der Waals surface area contributed by atoms with Gasteiger partial charge in [-0.25, -0.2) is 14.6 Å². The van der Waals surface area contributed by atoms with E-state index in [1.807, 2.05) is 12.3 Å². The molecule has 1 aliphatic rings. The lowest BCUT2D eigenvalue weighted by molar-refractivity contribution is 0.812. The maximum absolute atomic E-state index is 5.74. The smallest absolute Gasteiger partial charge is 0.159 e. The summed E-state index contributed by atoms with van der Waals surface area (Å²) in [4.78, 5) is 8.68. The number of nitrogens with two attached hydrogens (primary N) is 1. The molecule has 0 atom stereocenters. The Morgan fingerprint density at radius 1 is 1.33 bits per heavy atom. The van der Waals surface area contributed by atoms with E-state index in [-0.39, 0.29) is 0 Å². The quantitative estimate of drug-likeness (QED) is 0.790. The second kappa shape index (κ2) is 3.05. The molecule has 0 spiro atoms. The van der Waals surface area contributed by atoms with Gasteiger partial charge in [0.2, 0.25) is 0 Å². The fourth-order valence-electron chi connectivity index (χ4n) is 1.52. The Morgan fingerprint density at radius 2 is 2.20 bits per heavy atom. The fraction of sp³-hybridized carbons (Fsp3) is 0.300. The van der Waals surface area contributed by atoms with Crippen LogP contribution in [0.15, 0.2) is 24.5 Å². The van der Waals surface area contributed by atoms with Gasteiger partial charge in [0.05, 0.1) is 0 Å². The Bertz CT molecular complexity index is 473. The molecule has 2 aromatic heterocycles. The van der Waals surface area contributed by atoms with Crippen molar-refractivity contribution >= 4 is 5.82 Å². The minimum atomic E-state index is 0.503. The lowest BCUT2D eigenvalue weighted by Crippen LogP contribution is -2.05. The average Bonchev–Trinajstić information content (AvgIpc) is 2.93. The number of nitrogens with zero attached hydrogens (tertiary/aromatic N) is 4. The largest absolute Gasteiger partial charge is 0.384 e. The number of hydrogen-bond acceptors (Lipinski definition) is 4. The standard InChI is InChI=1S/C10H11N5/c11-8-6-9(15-5-1-4-12-15)14-10(13-8)7-2-3-7/h1,4-7H,2-3H2,(H2,11,13,14). The van der Waals surface area contributed by atoms with Crippen molar-refractivity contribution in [1.82, 2.24) is 19.7 Å². The zero-order valence-electron chi connectivity index (χ0n) is 8.17. The highest BCUT2D eigenvalue weighted by molar-refractivity contribution is 5.37. The van der Waals surface area contributed by atoms with Gasteiger partial charge in [-0.05, 0) is 18.9 Å². The first kappa shape index (κ1) is 8.40. The van der Waals surface area contributed by atoms with E-state index in [0.717, 1.165) is 11.6 Å². The molecule has 2 aromatic rings. The summed E-state index contributed by atoms with van der Waals surface area (Å²) in [7, 11) is 0. The Hall–Kier alpha value is -1.91. The summed E-state index contributed by atoms with van der Waals surface area (Å²) in [6.07, 6.45) is 5.90. The van der Waals surface area contributed by atoms with Gasteiger partial charge < -0.3 is 5.73 Å². The molecular weight excluding hydrogens is 190 g/mol. The molecule has 2 heterocycles. The predicted molar refractivity (Wildman–Crippen MR) is 55.5 cm³/mol. The number of aromatic nitrogens is 4. The van der Waals surface area contributed by atoms with E-state index in [0.29, 0.717) is 11.7 Å².